The lowest BCUT2D eigenvalue weighted by molar-refractivity contribution is -0.301. The summed E-state index contributed by atoms with van der Waals surface area (Å²) in [6.45, 7) is -2.21. The number of rotatable bonds is 10. The van der Waals surface area contributed by atoms with E-state index < -0.39 is 93.5 Å². The van der Waals surface area contributed by atoms with Gasteiger partial charge in [0, 0.05) is 6.20 Å². The minimum absolute atomic E-state index is 0.0565. The van der Waals surface area contributed by atoms with Gasteiger partial charge in [-0.2, -0.15) is 4.98 Å². The summed E-state index contributed by atoms with van der Waals surface area (Å²) in [5.74, 6) is -0.0565. The molecule has 18 heteroatoms. The quantitative estimate of drug-likeness (QED) is 0.115. The Balaban J connectivity index is 1.46. The van der Waals surface area contributed by atoms with Crippen LogP contribution in [-0.4, -0.2) is 115 Å². The van der Waals surface area contributed by atoms with Gasteiger partial charge < -0.3 is 45.6 Å². The zero-order valence-electron chi connectivity index (χ0n) is 18.0. The number of halogens is 1. The molecule has 35 heavy (non-hydrogen) atoms. The van der Waals surface area contributed by atoms with Crippen molar-refractivity contribution in [2.75, 3.05) is 32.2 Å². The van der Waals surface area contributed by atoms with E-state index in [4.69, 9.17) is 29.4 Å². The summed E-state index contributed by atoms with van der Waals surface area (Å²) >= 11 is 0.801. The average molecular weight is 547 g/mol. The molecule has 1 aromatic heterocycles. The van der Waals surface area contributed by atoms with Crippen LogP contribution in [0.1, 0.15) is 5.37 Å². The number of nitrogens with two attached hydrogens (primary N) is 1. The van der Waals surface area contributed by atoms with Crippen LogP contribution in [-0.2, 0) is 23.1 Å². The average Bonchev–Trinajstić information content (AvgIpc) is 3.09. The van der Waals surface area contributed by atoms with Crippen molar-refractivity contribution < 1.29 is 57.9 Å². The molecular weight excluding hydrogens is 520 g/mol. The van der Waals surface area contributed by atoms with Crippen molar-refractivity contribution >= 4 is 25.4 Å². The molecule has 0 aromatic carbocycles. The Morgan fingerprint density at radius 2 is 1.89 bits per heavy atom. The van der Waals surface area contributed by atoms with Crippen LogP contribution in [0.3, 0.4) is 0 Å². The van der Waals surface area contributed by atoms with E-state index in [0.717, 1.165) is 16.3 Å². The first-order chi connectivity index (χ1) is 16.4. The van der Waals surface area contributed by atoms with Crippen LogP contribution in [0.4, 0.5) is 10.2 Å². The number of aliphatic hydroxyl groups is 5. The fourth-order valence-corrected chi connectivity index (χ4v) is 5.66. The normalized spacial score (nSPS) is 37.3. The molecule has 2 aliphatic heterocycles. The Kier molecular flexibility index (Phi) is 9.64. The van der Waals surface area contributed by atoms with Crippen molar-refractivity contribution in [2.24, 2.45) is 0 Å². The minimum Gasteiger partial charge on any atom is -0.394 e. The standard InChI is InChI=1S/C17H27FN3O12PS/c18-10-12(24)8(35-15(10)21-2-1-9(19)20-17(21)27)6-32-34(28,29)31-4-3-30-16-14(26)13(25)11(23)7(5-22)33-16/h1-2,7-8,10-16,22-26H,3-6H2,(H,28,29)(H2,19,20,27)/t7?,8-,10+,11-,12-,13+,14?,15-,16-/m1/s1. The lowest BCUT2D eigenvalue weighted by Crippen LogP contribution is -2.59. The van der Waals surface area contributed by atoms with E-state index >= 15 is 0 Å². The molecule has 200 valence electrons. The van der Waals surface area contributed by atoms with Crippen LogP contribution in [0, 0.1) is 0 Å². The molecule has 8 N–H and O–H groups in total. The van der Waals surface area contributed by atoms with Crippen molar-refractivity contribution in [3.8, 4) is 0 Å². The Morgan fingerprint density at radius 3 is 2.54 bits per heavy atom. The molecule has 15 nitrogen and oxygen atoms in total. The maximum atomic E-state index is 14.6. The summed E-state index contributed by atoms with van der Waals surface area (Å²) in [6, 6.07) is 1.28. The Morgan fingerprint density at radius 1 is 1.17 bits per heavy atom. The number of anilines is 1. The van der Waals surface area contributed by atoms with Gasteiger partial charge in [0.2, 0.25) is 0 Å². The highest BCUT2D eigenvalue weighted by Gasteiger charge is 2.46. The summed E-state index contributed by atoms with van der Waals surface area (Å²) in [5.41, 5.74) is 4.58. The van der Waals surface area contributed by atoms with E-state index in [0.29, 0.717) is 0 Å². The van der Waals surface area contributed by atoms with Gasteiger partial charge in [0.05, 0.1) is 31.7 Å². The van der Waals surface area contributed by atoms with Crippen molar-refractivity contribution in [2.45, 2.75) is 53.6 Å². The van der Waals surface area contributed by atoms with Crippen LogP contribution in [0.25, 0.3) is 0 Å². The largest absolute Gasteiger partial charge is 0.472 e. The molecule has 10 atom stereocenters. The predicted molar refractivity (Wildman–Crippen MR) is 116 cm³/mol. The first-order valence-electron chi connectivity index (χ1n) is 10.3. The highest BCUT2D eigenvalue weighted by atomic mass is 32.2. The molecule has 0 bridgehead atoms. The van der Waals surface area contributed by atoms with Gasteiger partial charge in [-0.25, -0.2) is 13.8 Å². The van der Waals surface area contributed by atoms with Gasteiger partial charge in [-0.3, -0.25) is 13.6 Å². The smallest absolute Gasteiger partial charge is 0.394 e. The maximum Gasteiger partial charge on any atom is 0.472 e. The third-order valence-electron chi connectivity index (χ3n) is 5.29. The zero-order valence-corrected chi connectivity index (χ0v) is 19.7. The number of alkyl halides is 1. The topological polar surface area (TPSA) is 236 Å². The molecule has 2 aliphatic rings. The zero-order chi connectivity index (χ0) is 25.9. The van der Waals surface area contributed by atoms with Crippen molar-refractivity contribution in [3.63, 3.8) is 0 Å². The van der Waals surface area contributed by atoms with Crippen LogP contribution < -0.4 is 11.4 Å². The van der Waals surface area contributed by atoms with Gasteiger partial charge in [0.25, 0.3) is 0 Å². The number of aromatic nitrogens is 2. The molecule has 2 fully saturated rings. The van der Waals surface area contributed by atoms with Crippen molar-refractivity contribution in [1.82, 2.24) is 9.55 Å². The maximum absolute atomic E-state index is 14.6. The number of aliphatic hydroxyl groups excluding tert-OH is 5. The van der Waals surface area contributed by atoms with E-state index in [1.54, 1.807) is 0 Å². The van der Waals surface area contributed by atoms with Gasteiger partial charge in [-0.15, -0.1) is 11.8 Å². The van der Waals surface area contributed by atoms with E-state index in [-0.39, 0.29) is 5.82 Å². The van der Waals surface area contributed by atoms with Crippen LogP contribution in [0.15, 0.2) is 17.1 Å². The fourth-order valence-electron chi connectivity index (χ4n) is 3.41. The number of ether oxygens (including phenoxy) is 2. The highest BCUT2D eigenvalue weighted by molar-refractivity contribution is 8.00. The van der Waals surface area contributed by atoms with Crippen LogP contribution >= 0.6 is 19.6 Å². The summed E-state index contributed by atoms with van der Waals surface area (Å²) in [6.07, 6.45) is -9.83. The SMILES string of the molecule is Nc1ccn([C@@H]2S[C@H](COP(=O)(O)OCCO[C@@H]3OC(CO)[C@@H](O)[C@H](O)C3O)[C@@H](O)[C@@H]2F)c(=O)n1. The number of phosphoric acid groups is 1. The van der Waals surface area contributed by atoms with Crippen molar-refractivity contribution in [3.05, 3.63) is 22.7 Å². The molecule has 0 aliphatic carbocycles. The lowest BCUT2D eigenvalue weighted by atomic mass is 9.99. The second kappa shape index (κ2) is 11.9. The number of hydrogen-bond donors (Lipinski definition) is 7. The van der Waals surface area contributed by atoms with Crippen LogP contribution in [0.5, 0.6) is 0 Å². The molecule has 3 unspecified atom stereocenters. The third kappa shape index (κ3) is 6.76. The molecular formula is C17H27FN3O12PS. The van der Waals surface area contributed by atoms with E-state index in [9.17, 15) is 39.1 Å². The second-order valence-corrected chi connectivity index (χ2v) is 10.5. The summed E-state index contributed by atoms with van der Waals surface area (Å²) in [5, 5.41) is 46.4. The Hall–Kier alpha value is -1.21. The minimum atomic E-state index is -4.68. The van der Waals surface area contributed by atoms with Crippen LogP contribution in [0.2, 0.25) is 0 Å². The summed E-state index contributed by atoms with van der Waals surface area (Å²) < 4.78 is 47.4. The summed E-state index contributed by atoms with van der Waals surface area (Å²) in [7, 11) is -4.68. The molecule has 3 heterocycles. The second-order valence-electron chi connectivity index (χ2n) is 7.71. The lowest BCUT2D eigenvalue weighted by Gasteiger charge is -2.39. The van der Waals surface area contributed by atoms with Gasteiger partial charge in [0.1, 0.15) is 41.7 Å². The number of nitrogens with zero attached hydrogens (tertiary/aromatic N) is 2. The number of hydrogen-bond acceptors (Lipinski definition) is 14. The predicted octanol–water partition coefficient (Wildman–Crippen LogP) is -2.91. The number of thioether (sulfide) groups is 1. The van der Waals surface area contributed by atoms with Crippen molar-refractivity contribution in [1.29, 1.82) is 0 Å². The first-order valence-corrected chi connectivity index (χ1v) is 12.7. The van der Waals surface area contributed by atoms with Gasteiger partial charge in [0.15, 0.2) is 12.5 Å². The molecule has 2 saturated heterocycles. The molecule has 0 spiro atoms. The number of phosphoric ester groups is 1. The van der Waals surface area contributed by atoms with Gasteiger partial charge in [-0.05, 0) is 6.07 Å². The van der Waals surface area contributed by atoms with Gasteiger partial charge >= 0.3 is 13.5 Å². The molecule has 3 rings (SSSR count). The van der Waals surface area contributed by atoms with E-state index in [1.165, 1.54) is 12.3 Å². The molecule has 0 amide bonds. The van der Waals surface area contributed by atoms with E-state index in [1.807, 2.05) is 0 Å². The fraction of sp³-hybridized carbons (Fsp3) is 0.765. The Labute approximate surface area is 201 Å². The van der Waals surface area contributed by atoms with E-state index in [2.05, 4.69) is 4.98 Å². The van der Waals surface area contributed by atoms with Gasteiger partial charge in [-0.1, -0.05) is 0 Å². The summed E-state index contributed by atoms with van der Waals surface area (Å²) in [4.78, 5) is 25.3. The first kappa shape index (κ1) is 28.4. The molecule has 0 radical (unpaired) electrons. The monoisotopic (exact) mass is 547 g/mol. The third-order valence-corrected chi connectivity index (χ3v) is 7.80. The highest BCUT2D eigenvalue weighted by Crippen LogP contribution is 2.48. The molecule has 1 aromatic rings. The molecule has 0 saturated carbocycles. The number of nitrogen functional groups attached to an aromatic ring is 1. The Bertz CT molecular complexity index is 959.